The molecular weight excluding hydrogens is 312 g/mol. The summed E-state index contributed by atoms with van der Waals surface area (Å²) in [4.78, 5) is 0.340. The van der Waals surface area contributed by atoms with Crippen LogP contribution >= 0.6 is 11.6 Å². The molecule has 0 aliphatic carbocycles. The largest absolute Gasteiger partial charge is 0.378 e. The first-order valence-corrected chi connectivity index (χ1v) is 9.36. The van der Waals surface area contributed by atoms with Gasteiger partial charge in [-0.1, -0.05) is 13.8 Å². The van der Waals surface area contributed by atoms with Crippen LogP contribution in [0.15, 0.2) is 17.2 Å². The molecular formula is C14H23ClN2O3S. The zero-order valence-corrected chi connectivity index (χ0v) is 14.2. The highest BCUT2D eigenvalue weighted by Crippen LogP contribution is 2.24. The molecule has 1 aromatic heterocycles. The summed E-state index contributed by atoms with van der Waals surface area (Å²) >= 11 is 5.92. The topological polar surface area (TPSA) is 51.5 Å². The Bertz CT molecular complexity index is 571. The molecule has 5 nitrogen and oxygen atoms in total. The van der Waals surface area contributed by atoms with Crippen molar-refractivity contribution in [2.75, 3.05) is 19.8 Å². The molecule has 1 aliphatic rings. The summed E-state index contributed by atoms with van der Waals surface area (Å²) in [6.45, 7) is 6.14. The first-order valence-electron chi connectivity index (χ1n) is 7.39. The van der Waals surface area contributed by atoms with Crippen LogP contribution in [0, 0.1) is 0 Å². The molecule has 0 bridgehead atoms. The van der Waals surface area contributed by atoms with E-state index in [9.17, 15) is 8.42 Å². The van der Waals surface area contributed by atoms with Crippen LogP contribution in [0.1, 0.15) is 32.4 Å². The lowest BCUT2D eigenvalue weighted by atomic mass is 10.2. The number of aromatic nitrogens is 1. The molecule has 1 saturated heterocycles. The fourth-order valence-corrected chi connectivity index (χ4v) is 4.60. The number of hydrogen-bond acceptors (Lipinski definition) is 3. The van der Waals surface area contributed by atoms with Gasteiger partial charge in [0.1, 0.15) is 4.90 Å². The van der Waals surface area contributed by atoms with Gasteiger partial charge < -0.3 is 9.30 Å². The van der Waals surface area contributed by atoms with Gasteiger partial charge in [-0.05, 0) is 18.9 Å². The Balaban J connectivity index is 2.34. The molecule has 7 heteroatoms. The maximum atomic E-state index is 12.9. The molecule has 0 saturated carbocycles. The highest BCUT2D eigenvalue weighted by Gasteiger charge is 2.34. The van der Waals surface area contributed by atoms with Crippen LogP contribution in [0.25, 0.3) is 0 Å². The fourth-order valence-electron chi connectivity index (χ4n) is 2.64. The lowest BCUT2D eigenvalue weighted by molar-refractivity contribution is 0.0314. The fraction of sp³-hybridized carbons (Fsp3) is 0.714. The lowest BCUT2D eigenvalue weighted by Gasteiger charge is -2.33. The Morgan fingerprint density at radius 1 is 1.43 bits per heavy atom. The van der Waals surface area contributed by atoms with Crippen molar-refractivity contribution in [1.29, 1.82) is 0 Å². The third-order valence-corrected chi connectivity index (χ3v) is 6.00. The second-order valence-corrected chi connectivity index (χ2v) is 7.40. The van der Waals surface area contributed by atoms with Crippen molar-refractivity contribution >= 4 is 21.6 Å². The molecule has 0 spiro atoms. The quantitative estimate of drug-likeness (QED) is 0.751. The van der Waals surface area contributed by atoms with Gasteiger partial charge in [0, 0.05) is 31.0 Å². The van der Waals surface area contributed by atoms with Crippen molar-refractivity contribution in [3.8, 4) is 0 Å². The highest BCUT2D eigenvalue weighted by molar-refractivity contribution is 7.89. The Morgan fingerprint density at radius 3 is 2.81 bits per heavy atom. The Labute approximate surface area is 131 Å². The number of rotatable bonds is 6. The molecule has 1 aromatic rings. The highest BCUT2D eigenvalue weighted by atomic mass is 35.5. The predicted octanol–water partition coefficient (Wildman–Crippen LogP) is 2.44. The minimum atomic E-state index is -3.48. The van der Waals surface area contributed by atoms with Gasteiger partial charge in [0.25, 0.3) is 0 Å². The van der Waals surface area contributed by atoms with Crippen LogP contribution in [0.4, 0.5) is 0 Å². The summed E-state index contributed by atoms with van der Waals surface area (Å²) in [5.74, 6) is 0.315. The normalized spacial score (nSPS) is 20.8. The second kappa shape index (κ2) is 7.13. The number of hydrogen-bond donors (Lipinski definition) is 0. The Hall–Kier alpha value is -0.560. The molecule has 1 unspecified atom stereocenters. The van der Waals surface area contributed by atoms with Gasteiger partial charge in [-0.15, -0.1) is 11.6 Å². The monoisotopic (exact) mass is 334 g/mol. The Morgan fingerprint density at radius 2 is 2.19 bits per heavy atom. The van der Waals surface area contributed by atoms with Crippen LogP contribution in [0.5, 0.6) is 0 Å². The average molecular weight is 335 g/mol. The smallest absolute Gasteiger partial charge is 0.245 e. The van der Waals surface area contributed by atoms with Crippen molar-refractivity contribution in [3.63, 3.8) is 0 Å². The number of sulfonamides is 1. The molecule has 1 atom stereocenters. The summed E-state index contributed by atoms with van der Waals surface area (Å²) in [6.07, 6.45) is 3.39. The van der Waals surface area contributed by atoms with E-state index in [0.29, 0.717) is 30.5 Å². The molecule has 0 radical (unpaired) electrons. The molecule has 2 heterocycles. The van der Waals surface area contributed by atoms with E-state index in [1.165, 1.54) is 0 Å². The van der Waals surface area contributed by atoms with E-state index in [0.717, 1.165) is 25.1 Å². The molecule has 2 rings (SSSR count). The van der Waals surface area contributed by atoms with Gasteiger partial charge in [0.05, 0.1) is 19.1 Å². The summed E-state index contributed by atoms with van der Waals surface area (Å²) in [5, 5.41) is 0. The van der Waals surface area contributed by atoms with Gasteiger partial charge in [0.15, 0.2) is 0 Å². The third kappa shape index (κ3) is 3.44. The average Bonchev–Trinajstić information content (AvgIpc) is 2.91. The number of aryl methyl sites for hydroxylation is 1. The van der Waals surface area contributed by atoms with Crippen LogP contribution in [0.2, 0.25) is 0 Å². The predicted molar refractivity (Wildman–Crippen MR) is 83.1 cm³/mol. The molecule has 0 amide bonds. The van der Waals surface area contributed by atoms with E-state index in [-0.39, 0.29) is 6.04 Å². The van der Waals surface area contributed by atoms with Crippen molar-refractivity contribution in [2.24, 2.45) is 0 Å². The van der Waals surface area contributed by atoms with Crippen LogP contribution in [-0.4, -0.2) is 43.1 Å². The number of halogens is 1. The third-order valence-electron chi connectivity index (χ3n) is 3.81. The summed E-state index contributed by atoms with van der Waals surface area (Å²) < 4.78 is 34.6. The summed E-state index contributed by atoms with van der Waals surface area (Å²) in [5.41, 5.74) is 0.846. The van der Waals surface area contributed by atoms with Crippen molar-refractivity contribution in [2.45, 2.75) is 50.1 Å². The molecule has 1 fully saturated rings. The molecule has 21 heavy (non-hydrogen) atoms. The number of morpholine rings is 1. The van der Waals surface area contributed by atoms with Crippen molar-refractivity contribution < 1.29 is 13.2 Å². The van der Waals surface area contributed by atoms with E-state index < -0.39 is 10.0 Å². The number of ether oxygens (including phenoxy) is 1. The van der Waals surface area contributed by atoms with Gasteiger partial charge in [-0.2, -0.15) is 4.31 Å². The molecule has 1 aliphatic heterocycles. The standard InChI is InChI=1S/C14H23ClN2O3S/c1-3-5-16-10-14(8-13(16)9-15)21(18,19)17-6-7-20-11-12(17)4-2/h8,10,12H,3-7,9,11H2,1-2H3. The van der Waals surface area contributed by atoms with Crippen molar-refractivity contribution in [3.05, 3.63) is 18.0 Å². The van der Waals surface area contributed by atoms with Crippen LogP contribution < -0.4 is 0 Å². The van der Waals surface area contributed by atoms with E-state index >= 15 is 0 Å². The zero-order valence-electron chi connectivity index (χ0n) is 12.6. The first kappa shape index (κ1) is 16.8. The lowest BCUT2D eigenvalue weighted by Crippen LogP contribution is -2.48. The molecule has 0 aromatic carbocycles. The van der Waals surface area contributed by atoms with Gasteiger partial charge in [-0.25, -0.2) is 8.42 Å². The summed E-state index contributed by atoms with van der Waals surface area (Å²) in [6, 6.07) is 1.61. The number of nitrogens with zero attached hydrogens (tertiary/aromatic N) is 2. The van der Waals surface area contributed by atoms with Crippen LogP contribution in [0.3, 0.4) is 0 Å². The second-order valence-electron chi connectivity index (χ2n) is 5.25. The molecule has 120 valence electrons. The number of alkyl halides is 1. The van der Waals surface area contributed by atoms with E-state index in [1.54, 1.807) is 16.6 Å². The van der Waals surface area contributed by atoms with Crippen molar-refractivity contribution in [1.82, 2.24) is 8.87 Å². The van der Waals surface area contributed by atoms with Crippen LogP contribution in [-0.2, 0) is 27.2 Å². The van der Waals surface area contributed by atoms with Gasteiger partial charge >= 0.3 is 0 Å². The molecule has 0 N–H and O–H groups in total. The first-order chi connectivity index (χ1) is 10.0. The SMILES string of the molecule is CCCn1cc(S(=O)(=O)N2CCOCC2CC)cc1CCl. The van der Waals surface area contributed by atoms with Gasteiger partial charge in [-0.3, -0.25) is 0 Å². The Kier molecular flexibility index (Phi) is 5.71. The van der Waals surface area contributed by atoms with E-state index in [4.69, 9.17) is 16.3 Å². The maximum absolute atomic E-state index is 12.9. The van der Waals surface area contributed by atoms with E-state index in [1.807, 2.05) is 11.5 Å². The van der Waals surface area contributed by atoms with E-state index in [2.05, 4.69) is 6.92 Å². The summed E-state index contributed by atoms with van der Waals surface area (Å²) in [7, 11) is -3.48. The minimum Gasteiger partial charge on any atom is -0.378 e. The minimum absolute atomic E-state index is 0.0854. The maximum Gasteiger partial charge on any atom is 0.245 e. The zero-order chi connectivity index (χ0) is 15.5. The van der Waals surface area contributed by atoms with Gasteiger partial charge in [0.2, 0.25) is 10.0 Å².